The van der Waals surface area contributed by atoms with Crippen LogP contribution in [0.3, 0.4) is 0 Å². The lowest BCUT2D eigenvalue weighted by Gasteiger charge is -2.14. The zero-order valence-electron chi connectivity index (χ0n) is 8.15. The largest absolute Gasteiger partial charge is 0.481 e. The molecule has 0 radical (unpaired) electrons. The van der Waals surface area contributed by atoms with E-state index in [-0.39, 0.29) is 19.3 Å². The molecule has 3 N–H and O–H groups in total. The van der Waals surface area contributed by atoms with Crippen LogP contribution in [0, 0.1) is 0 Å². The highest BCUT2D eigenvalue weighted by Gasteiger charge is 2.22. The molecule has 0 bridgehead atoms. The van der Waals surface area contributed by atoms with Gasteiger partial charge in [-0.2, -0.15) is 0 Å². The summed E-state index contributed by atoms with van der Waals surface area (Å²) in [7, 11) is 0. The first kappa shape index (κ1) is 15.0. The summed E-state index contributed by atoms with van der Waals surface area (Å²) in [5, 5.41) is 19.2. The number of carbonyl (C=O) groups is 3. The van der Waals surface area contributed by atoms with E-state index in [4.69, 9.17) is 33.4 Å². The van der Waals surface area contributed by atoms with E-state index in [2.05, 4.69) is 5.32 Å². The molecular formula is C8H11Cl2NO5. The molecule has 0 aliphatic heterocycles. The highest BCUT2D eigenvalue weighted by molar-refractivity contribution is 6.53. The molecule has 0 spiro atoms. The molecule has 0 fully saturated rings. The molecule has 0 aromatic rings. The fourth-order valence-corrected chi connectivity index (χ4v) is 1.08. The van der Waals surface area contributed by atoms with Crippen LogP contribution < -0.4 is 5.32 Å². The average Bonchev–Trinajstić information content (AvgIpc) is 2.14. The average molecular weight is 272 g/mol. The van der Waals surface area contributed by atoms with Gasteiger partial charge in [-0.05, 0) is 12.8 Å². The molecule has 0 rings (SSSR count). The van der Waals surface area contributed by atoms with Crippen LogP contribution in [-0.4, -0.2) is 38.9 Å². The normalized spacial score (nSPS) is 12.2. The van der Waals surface area contributed by atoms with Crippen molar-refractivity contribution in [2.45, 2.75) is 30.1 Å². The van der Waals surface area contributed by atoms with Crippen LogP contribution in [0.15, 0.2) is 0 Å². The van der Waals surface area contributed by atoms with E-state index in [1.165, 1.54) is 0 Å². The first-order chi connectivity index (χ1) is 7.34. The SMILES string of the molecule is O=C(O)CCCC(NC(=O)C(Cl)Cl)C(=O)O. The van der Waals surface area contributed by atoms with Gasteiger partial charge in [0.1, 0.15) is 6.04 Å². The maximum absolute atomic E-state index is 11.0. The number of aliphatic carboxylic acids is 2. The number of carboxylic acid groups (broad SMARTS) is 2. The van der Waals surface area contributed by atoms with Crippen LogP contribution in [0.25, 0.3) is 0 Å². The lowest BCUT2D eigenvalue weighted by Crippen LogP contribution is -2.43. The van der Waals surface area contributed by atoms with Gasteiger partial charge in [0.15, 0.2) is 4.84 Å². The molecule has 0 aromatic heterocycles. The van der Waals surface area contributed by atoms with E-state index in [9.17, 15) is 14.4 Å². The molecule has 0 aliphatic rings. The molecule has 1 unspecified atom stereocenters. The predicted molar refractivity (Wildman–Crippen MR) is 56.5 cm³/mol. The van der Waals surface area contributed by atoms with E-state index in [1.807, 2.05) is 0 Å². The highest BCUT2D eigenvalue weighted by Crippen LogP contribution is 2.05. The third kappa shape index (κ3) is 6.47. The van der Waals surface area contributed by atoms with Gasteiger partial charge in [-0.1, -0.05) is 23.2 Å². The van der Waals surface area contributed by atoms with Crippen LogP contribution in [0.5, 0.6) is 0 Å². The summed E-state index contributed by atoms with van der Waals surface area (Å²) in [6.45, 7) is 0. The fourth-order valence-electron chi connectivity index (χ4n) is 0.950. The van der Waals surface area contributed by atoms with E-state index < -0.39 is 28.7 Å². The van der Waals surface area contributed by atoms with E-state index in [0.717, 1.165) is 0 Å². The van der Waals surface area contributed by atoms with Crippen molar-refractivity contribution in [3.05, 3.63) is 0 Å². The highest BCUT2D eigenvalue weighted by atomic mass is 35.5. The second kappa shape index (κ2) is 7.29. The summed E-state index contributed by atoms with van der Waals surface area (Å²) in [6.07, 6.45) is -0.0134. The molecule has 1 amide bonds. The number of amides is 1. The van der Waals surface area contributed by atoms with E-state index in [1.54, 1.807) is 0 Å². The van der Waals surface area contributed by atoms with Crippen LogP contribution in [0.4, 0.5) is 0 Å². The molecule has 8 heteroatoms. The third-order valence-corrected chi connectivity index (χ3v) is 2.09. The Morgan fingerprint density at radius 2 is 1.75 bits per heavy atom. The molecule has 0 saturated carbocycles. The fraction of sp³-hybridized carbons (Fsp3) is 0.625. The van der Waals surface area contributed by atoms with Crippen LogP contribution in [0.1, 0.15) is 19.3 Å². The topological polar surface area (TPSA) is 104 Å². The first-order valence-electron chi connectivity index (χ1n) is 4.37. The van der Waals surface area contributed by atoms with Crippen molar-refractivity contribution in [2.75, 3.05) is 0 Å². The number of carboxylic acids is 2. The van der Waals surface area contributed by atoms with Gasteiger partial charge < -0.3 is 15.5 Å². The quantitative estimate of drug-likeness (QED) is 0.589. The number of rotatable bonds is 7. The number of alkyl halides is 2. The Bertz CT molecular complexity index is 282. The minimum absolute atomic E-state index is 0.00781. The second-order valence-electron chi connectivity index (χ2n) is 2.99. The zero-order chi connectivity index (χ0) is 12.7. The Kier molecular flexibility index (Phi) is 6.83. The summed E-state index contributed by atoms with van der Waals surface area (Å²) in [5.41, 5.74) is 0. The van der Waals surface area contributed by atoms with E-state index in [0.29, 0.717) is 0 Å². The third-order valence-electron chi connectivity index (χ3n) is 1.70. The molecule has 92 valence electrons. The maximum Gasteiger partial charge on any atom is 0.326 e. The van der Waals surface area contributed by atoms with Gasteiger partial charge in [0.25, 0.3) is 5.91 Å². The Morgan fingerprint density at radius 3 is 2.12 bits per heavy atom. The summed E-state index contributed by atoms with van der Waals surface area (Å²) in [5.74, 6) is -3.10. The van der Waals surface area contributed by atoms with Gasteiger partial charge in [0.05, 0.1) is 0 Å². The van der Waals surface area contributed by atoms with Gasteiger partial charge in [-0.15, -0.1) is 0 Å². The van der Waals surface area contributed by atoms with Gasteiger partial charge >= 0.3 is 11.9 Å². The van der Waals surface area contributed by atoms with Gasteiger partial charge in [-0.25, -0.2) is 4.79 Å². The lowest BCUT2D eigenvalue weighted by molar-refractivity contribution is -0.142. The van der Waals surface area contributed by atoms with Crippen LogP contribution in [-0.2, 0) is 14.4 Å². The smallest absolute Gasteiger partial charge is 0.326 e. The first-order valence-corrected chi connectivity index (χ1v) is 5.25. The van der Waals surface area contributed by atoms with Crippen molar-refractivity contribution in [3.63, 3.8) is 0 Å². The lowest BCUT2D eigenvalue weighted by atomic mass is 10.1. The monoisotopic (exact) mass is 271 g/mol. The molecule has 1 atom stereocenters. The molecule has 0 aliphatic carbocycles. The summed E-state index contributed by atoms with van der Waals surface area (Å²) < 4.78 is 0. The van der Waals surface area contributed by atoms with Crippen LogP contribution >= 0.6 is 23.2 Å². The van der Waals surface area contributed by atoms with Gasteiger partial charge in [0, 0.05) is 6.42 Å². The minimum atomic E-state index is -1.35. The number of hydrogen-bond acceptors (Lipinski definition) is 3. The maximum atomic E-state index is 11.0. The van der Waals surface area contributed by atoms with Crippen molar-refractivity contribution in [3.8, 4) is 0 Å². The summed E-state index contributed by atoms with van der Waals surface area (Å²) in [6, 6.07) is -1.17. The van der Waals surface area contributed by atoms with Crippen molar-refractivity contribution < 1.29 is 24.6 Å². The van der Waals surface area contributed by atoms with Crippen molar-refractivity contribution in [1.29, 1.82) is 0 Å². The number of carbonyl (C=O) groups excluding carboxylic acids is 1. The van der Waals surface area contributed by atoms with Crippen LogP contribution in [0.2, 0.25) is 0 Å². The molecule has 16 heavy (non-hydrogen) atoms. The molecule has 6 nitrogen and oxygen atoms in total. The number of nitrogens with one attached hydrogen (secondary N) is 1. The minimum Gasteiger partial charge on any atom is -0.481 e. The van der Waals surface area contributed by atoms with Crippen molar-refractivity contribution in [1.82, 2.24) is 5.32 Å². The molecule has 0 saturated heterocycles. The van der Waals surface area contributed by atoms with Crippen molar-refractivity contribution >= 4 is 41.0 Å². The number of hydrogen-bond donors (Lipinski definition) is 3. The van der Waals surface area contributed by atoms with Gasteiger partial charge in [-0.3, -0.25) is 9.59 Å². The Morgan fingerprint density at radius 1 is 1.19 bits per heavy atom. The standard InChI is InChI=1S/C8H11Cl2NO5/c9-6(10)7(14)11-4(8(15)16)2-1-3-5(12)13/h4,6H,1-3H2,(H,11,14)(H,12,13)(H,15,16). The molecular weight excluding hydrogens is 261 g/mol. The summed E-state index contributed by atoms with van der Waals surface area (Å²) >= 11 is 10.5. The molecule has 0 heterocycles. The Balaban J connectivity index is 4.13. The summed E-state index contributed by atoms with van der Waals surface area (Å²) in [4.78, 5) is 30.5. The Hall–Kier alpha value is -1.01. The molecule has 0 aromatic carbocycles. The van der Waals surface area contributed by atoms with E-state index >= 15 is 0 Å². The van der Waals surface area contributed by atoms with Crippen molar-refractivity contribution in [2.24, 2.45) is 0 Å². The zero-order valence-corrected chi connectivity index (χ0v) is 9.66. The number of halogens is 2. The van der Waals surface area contributed by atoms with Gasteiger partial charge in [0.2, 0.25) is 0 Å². The predicted octanol–water partition coefficient (Wildman–Crippen LogP) is 0.614. The Labute approximate surface area is 102 Å². The second-order valence-corrected chi connectivity index (χ2v) is 4.08.